The molecule has 1 atom stereocenters. The van der Waals surface area contributed by atoms with Crippen molar-refractivity contribution in [3.05, 3.63) is 183 Å². The minimum absolute atomic E-state index is 0.0420. The second-order valence-electron chi connectivity index (χ2n) is 13.8. The van der Waals surface area contributed by atoms with E-state index in [-0.39, 0.29) is 24.0 Å². The first kappa shape index (κ1) is 40.8. The van der Waals surface area contributed by atoms with Crippen LogP contribution in [0.4, 0.5) is 10.7 Å². The smallest absolute Gasteiger partial charge is 0.341 e. The van der Waals surface area contributed by atoms with Gasteiger partial charge in [0.15, 0.2) is 0 Å². The topological polar surface area (TPSA) is 123 Å². The van der Waals surface area contributed by atoms with Gasteiger partial charge in [-0.3, -0.25) is 14.4 Å². The average molecular weight is 822 g/mol. The summed E-state index contributed by atoms with van der Waals surface area (Å²) in [4.78, 5) is 55.4. The van der Waals surface area contributed by atoms with E-state index in [1.165, 1.54) is 28.7 Å². The van der Waals surface area contributed by atoms with E-state index < -0.39 is 17.8 Å². The number of anilines is 2. The molecule has 1 heterocycles. The Morgan fingerprint density at radius 3 is 2.25 bits per heavy atom. The second kappa shape index (κ2) is 19.8. The Kier molecular flexibility index (Phi) is 13.7. The highest BCUT2D eigenvalue weighted by Gasteiger charge is 2.31. The van der Waals surface area contributed by atoms with Crippen molar-refractivity contribution in [1.82, 2.24) is 5.32 Å². The third kappa shape index (κ3) is 11.0. The second-order valence-corrected chi connectivity index (χ2v) is 16.0. The van der Waals surface area contributed by atoms with Crippen molar-refractivity contribution in [2.45, 2.75) is 43.6 Å². The van der Waals surface area contributed by atoms with Crippen molar-refractivity contribution in [2.24, 2.45) is 0 Å². The Morgan fingerprint density at radius 2 is 1.53 bits per heavy atom. The Morgan fingerprint density at radius 1 is 0.814 bits per heavy atom. The summed E-state index contributed by atoms with van der Waals surface area (Å²) in [5.41, 5.74) is 5.34. The van der Waals surface area contributed by atoms with E-state index in [1.807, 2.05) is 84.9 Å². The van der Waals surface area contributed by atoms with Crippen LogP contribution in [0.1, 0.15) is 67.1 Å². The zero-order chi connectivity index (χ0) is 41.0. The van der Waals surface area contributed by atoms with Gasteiger partial charge < -0.3 is 25.4 Å². The number of benzene rings is 5. The number of ether oxygens (including phenoxy) is 2. The lowest BCUT2D eigenvalue weighted by Crippen LogP contribution is -2.30. The third-order valence-corrected chi connectivity index (χ3v) is 11.9. The van der Waals surface area contributed by atoms with Crippen LogP contribution in [0, 0.1) is 0 Å². The molecule has 1 aliphatic rings. The van der Waals surface area contributed by atoms with Gasteiger partial charge in [-0.15, -0.1) is 23.1 Å². The highest BCUT2D eigenvalue weighted by Crippen LogP contribution is 2.43. The van der Waals surface area contributed by atoms with Gasteiger partial charge in [0.2, 0.25) is 5.91 Å². The molecule has 0 saturated carbocycles. The van der Waals surface area contributed by atoms with Gasteiger partial charge in [0.25, 0.3) is 11.8 Å². The van der Waals surface area contributed by atoms with Gasteiger partial charge in [-0.25, -0.2) is 4.79 Å². The third-order valence-electron chi connectivity index (χ3n) is 9.70. The molecule has 0 aliphatic heterocycles. The molecule has 1 aliphatic carbocycles. The average Bonchev–Trinajstić information content (AvgIpc) is 3.63. The Labute approximate surface area is 351 Å². The number of hydrogen-bond acceptors (Lipinski definition) is 8. The maximum Gasteiger partial charge on any atom is 0.341 e. The molecule has 9 nitrogen and oxygen atoms in total. The molecule has 3 amide bonds. The summed E-state index contributed by atoms with van der Waals surface area (Å²) in [6, 6.07) is 43.3. The van der Waals surface area contributed by atoms with E-state index >= 15 is 0 Å². The molecule has 0 radical (unpaired) electrons. The number of thiophene rings is 1. The molecule has 5 aromatic carbocycles. The van der Waals surface area contributed by atoms with Crippen LogP contribution in [0.3, 0.4) is 0 Å². The van der Waals surface area contributed by atoms with E-state index in [4.69, 9.17) is 9.47 Å². The van der Waals surface area contributed by atoms with E-state index in [0.717, 1.165) is 40.2 Å². The predicted molar refractivity (Wildman–Crippen MR) is 235 cm³/mol. The molecule has 11 heteroatoms. The van der Waals surface area contributed by atoms with Gasteiger partial charge in [-0.05, 0) is 103 Å². The highest BCUT2D eigenvalue weighted by molar-refractivity contribution is 8.00. The maximum atomic E-state index is 13.8. The number of carbonyl (C=O) groups is 4. The first-order chi connectivity index (χ1) is 28.8. The number of hydrogen-bond donors (Lipinski definition) is 3. The van der Waals surface area contributed by atoms with E-state index in [2.05, 4.69) is 28.1 Å². The monoisotopic (exact) mass is 821 g/mol. The minimum atomic E-state index is -0.527. The Balaban J connectivity index is 1.01. The van der Waals surface area contributed by atoms with E-state index in [0.29, 0.717) is 45.7 Å². The fraction of sp³-hybridized carbons (Fsp3) is 0.167. The van der Waals surface area contributed by atoms with Crippen molar-refractivity contribution in [2.75, 3.05) is 23.0 Å². The zero-order valence-electron chi connectivity index (χ0n) is 32.4. The minimum Gasteiger partial charge on any atom is -0.489 e. The standard InChI is InChI=1S/C48H43N3O6S2/c1-2-56-48(55)44-40-26-23-36(34-15-8-4-9-16-34)28-42(40)59-47(44)51-43(52)31-58-39-20-12-19-37(29-39)49-46(54)41(50-45(53)35-17-10-5-11-18-35)27-32-21-24-38(25-22-32)57-30-33-13-6-3-7-14-33/h3-22,24-25,27,29,36H,2,23,26,28,30-31H2,1H3,(H,49,54)(H,50,53)(H,51,52)/b41-27-. The number of esters is 1. The van der Waals surface area contributed by atoms with Crippen LogP contribution in [-0.2, 0) is 33.8 Å². The van der Waals surface area contributed by atoms with Crippen LogP contribution in [0.2, 0.25) is 0 Å². The van der Waals surface area contributed by atoms with Gasteiger partial charge in [0.05, 0.1) is 17.9 Å². The molecule has 1 unspecified atom stereocenters. The lowest BCUT2D eigenvalue weighted by atomic mass is 9.83. The largest absolute Gasteiger partial charge is 0.489 e. The van der Waals surface area contributed by atoms with Gasteiger partial charge in [-0.2, -0.15) is 0 Å². The number of thioether (sulfide) groups is 1. The maximum absolute atomic E-state index is 13.8. The van der Waals surface area contributed by atoms with Crippen molar-refractivity contribution in [3.63, 3.8) is 0 Å². The summed E-state index contributed by atoms with van der Waals surface area (Å²) in [7, 11) is 0. The fourth-order valence-electron chi connectivity index (χ4n) is 6.79. The molecule has 0 saturated heterocycles. The fourth-order valence-corrected chi connectivity index (χ4v) is 8.87. The molecule has 298 valence electrons. The summed E-state index contributed by atoms with van der Waals surface area (Å²) in [5, 5.41) is 9.19. The van der Waals surface area contributed by atoms with Crippen molar-refractivity contribution in [1.29, 1.82) is 0 Å². The molecule has 59 heavy (non-hydrogen) atoms. The summed E-state index contributed by atoms with van der Waals surface area (Å²) in [5.74, 6) is -0.572. The van der Waals surface area contributed by atoms with Gasteiger partial charge in [0, 0.05) is 21.0 Å². The first-order valence-corrected chi connectivity index (χ1v) is 21.2. The molecule has 1 aromatic heterocycles. The number of rotatable bonds is 15. The molecular weight excluding hydrogens is 779 g/mol. The number of fused-ring (bicyclic) bond motifs is 1. The SMILES string of the molecule is CCOC(=O)c1c(NC(=O)CSc2cccc(NC(=O)/C(=C/c3ccc(OCc4ccccc4)cc3)NC(=O)c3ccccc3)c2)sc2c1CCC(c1ccccc1)C2. The summed E-state index contributed by atoms with van der Waals surface area (Å²) in [6.07, 6.45) is 4.04. The summed E-state index contributed by atoms with van der Waals surface area (Å²) < 4.78 is 11.3. The molecule has 0 fully saturated rings. The summed E-state index contributed by atoms with van der Waals surface area (Å²) >= 11 is 2.75. The van der Waals surface area contributed by atoms with Crippen LogP contribution in [-0.4, -0.2) is 36.1 Å². The van der Waals surface area contributed by atoms with Crippen LogP contribution in [0.25, 0.3) is 6.08 Å². The number of amides is 3. The summed E-state index contributed by atoms with van der Waals surface area (Å²) in [6.45, 7) is 2.43. The molecule has 6 aromatic rings. The molecular formula is C48H43N3O6S2. The quantitative estimate of drug-likeness (QED) is 0.0536. The van der Waals surface area contributed by atoms with Gasteiger partial charge in [0.1, 0.15) is 23.1 Å². The van der Waals surface area contributed by atoms with Crippen molar-refractivity contribution < 1.29 is 28.7 Å². The van der Waals surface area contributed by atoms with Crippen LogP contribution < -0.4 is 20.7 Å². The highest BCUT2D eigenvalue weighted by atomic mass is 32.2. The Hall–Kier alpha value is -6.43. The van der Waals surface area contributed by atoms with Crippen molar-refractivity contribution >= 4 is 63.6 Å². The van der Waals surface area contributed by atoms with Crippen molar-refractivity contribution in [3.8, 4) is 5.75 Å². The first-order valence-electron chi connectivity index (χ1n) is 19.4. The lowest BCUT2D eigenvalue weighted by molar-refractivity contribution is -0.114. The molecule has 0 spiro atoms. The predicted octanol–water partition coefficient (Wildman–Crippen LogP) is 9.92. The Bertz CT molecular complexity index is 2430. The van der Waals surface area contributed by atoms with E-state index in [1.54, 1.807) is 55.5 Å². The van der Waals surface area contributed by atoms with E-state index in [9.17, 15) is 19.2 Å². The normalized spacial score (nSPS) is 13.4. The molecule has 7 rings (SSSR count). The van der Waals surface area contributed by atoms with Crippen LogP contribution in [0.15, 0.2) is 150 Å². The number of nitrogens with one attached hydrogen (secondary N) is 3. The molecule has 3 N–H and O–H groups in total. The lowest BCUT2D eigenvalue weighted by Gasteiger charge is -2.23. The van der Waals surface area contributed by atoms with Crippen LogP contribution >= 0.6 is 23.1 Å². The zero-order valence-corrected chi connectivity index (χ0v) is 34.1. The van der Waals surface area contributed by atoms with Gasteiger partial charge >= 0.3 is 5.97 Å². The molecule has 0 bridgehead atoms. The van der Waals surface area contributed by atoms with Gasteiger partial charge in [-0.1, -0.05) is 97.1 Å². The van der Waals surface area contributed by atoms with Crippen LogP contribution in [0.5, 0.6) is 5.75 Å². The number of carbonyl (C=O) groups excluding carboxylic acids is 4.